The van der Waals surface area contributed by atoms with E-state index in [2.05, 4.69) is 5.32 Å². The minimum Gasteiger partial charge on any atom is -0.331 e. The zero-order valence-electron chi connectivity index (χ0n) is 20.6. The number of imide groups is 1. The number of likely N-dealkylation sites (tertiary alicyclic amines) is 1. The van der Waals surface area contributed by atoms with E-state index in [1.165, 1.54) is 0 Å². The zero-order chi connectivity index (χ0) is 24.6. The second kappa shape index (κ2) is 8.82. The number of imidazole rings is 1. The average molecular weight is 471 g/mol. The third-order valence-electron chi connectivity index (χ3n) is 7.56. The van der Waals surface area contributed by atoms with Gasteiger partial charge in [-0.05, 0) is 50.2 Å². The molecule has 3 amide bonds. The van der Waals surface area contributed by atoms with Crippen LogP contribution in [0.3, 0.4) is 0 Å². The Morgan fingerprint density at radius 3 is 2.46 bits per heavy atom. The largest absolute Gasteiger partial charge is 0.428 e. The van der Waals surface area contributed by atoms with Gasteiger partial charge in [-0.2, -0.15) is 4.48 Å². The lowest BCUT2D eigenvalue weighted by Crippen LogP contribution is -2.66. The van der Waals surface area contributed by atoms with Gasteiger partial charge in [0.25, 0.3) is 0 Å². The van der Waals surface area contributed by atoms with Crippen molar-refractivity contribution in [3.05, 3.63) is 78.9 Å². The number of hydrogen-bond acceptors (Lipinski definition) is 3. The maximum Gasteiger partial charge on any atom is 0.428 e. The number of anilines is 1. The summed E-state index contributed by atoms with van der Waals surface area (Å²) in [6.45, 7) is 4.57. The van der Waals surface area contributed by atoms with E-state index in [-0.39, 0.29) is 22.8 Å². The third-order valence-corrected chi connectivity index (χ3v) is 7.56. The first kappa shape index (κ1) is 23.1. The average Bonchev–Trinajstić information content (AvgIpc) is 3.56. The molecule has 1 saturated heterocycles. The van der Waals surface area contributed by atoms with E-state index < -0.39 is 5.54 Å². The van der Waals surface area contributed by atoms with Gasteiger partial charge in [-0.1, -0.05) is 24.3 Å². The van der Waals surface area contributed by atoms with E-state index in [9.17, 15) is 9.59 Å². The first-order valence-corrected chi connectivity index (χ1v) is 12.2. The summed E-state index contributed by atoms with van der Waals surface area (Å²) in [5.74, 6) is 0.795. The quantitative estimate of drug-likeness (QED) is 0.395. The lowest BCUT2D eigenvalue weighted by Gasteiger charge is -2.40. The second-order valence-corrected chi connectivity index (χ2v) is 9.96. The number of nitrogens with zero attached hydrogens (tertiary/aromatic N) is 4. The summed E-state index contributed by atoms with van der Waals surface area (Å²) in [5, 5.41) is 3.12. The number of rotatable bonds is 5. The van der Waals surface area contributed by atoms with Crippen LogP contribution in [-0.2, 0) is 18.3 Å². The molecule has 0 saturated carbocycles. The number of para-hydroxylation sites is 4. The fraction of sp³-hybridized carbons (Fsp3) is 0.321. The van der Waals surface area contributed by atoms with Gasteiger partial charge in [0.05, 0.1) is 35.4 Å². The summed E-state index contributed by atoms with van der Waals surface area (Å²) in [6.07, 6.45) is 6.28. The summed E-state index contributed by atoms with van der Waals surface area (Å²) in [7, 11) is 1.98. The van der Waals surface area contributed by atoms with Crippen molar-refractivity contribution in [1.29, 1.82) is 0 Å². The van der Waals surface area contributed by atoms with Crippen LogP contribution in [0.2, 0.25) is 0 Å². The highest BCUT2D eigenvalue weighted by atomic mass is 16.2. The summed E-state index contributed by atoms with van der Waals surface area (Å²) in [6, 6.07) is 19.3. The summed E-state index contributed by atoms with van der Waals surface area (Å²) in [4.78, 5) is 32.6. The van der Waals surface area contributed by atoms with Gasteiger partial charge in [0.1, 0.15) is 11.4 Å². The van der Waals surface area contributed by atoms with Gasteiger partial charge in [-0.3, -0.25) is 5.32 Å². The fourth-order valence-corrected chi connectivity index (χ4v) is 5.53. The molecule has 7 heteroatoms. The molecule has 1 atom stereocenters. The topological polar surface area (TPSA) is 68.9 Å². The van der Waals surface area contributed by atoms with Gasteiger partial charge < -0.3 is 9.13 Å². The normalized spacial score (nSPS) is 19.2. The highest BCUT2D eigenvalue weighted by Crippen LogP contribution is 2.39. The van der Waals surface area contributed by atoms with Crippen LogP contribution in [0, 0.1) is 0 Å². The van der Waals surface area contributed by atoms with Gasteiger partial charge in [-0.15, -0.1) is 0 Å². The number of quaternary nitrogens is 1. The SMILES string of the molecule is Cn1c(CCC(=O)[N+]2(C(=O)Nc3ccccc3-n3cccc3)CCCC2(C)C)nc2ccccc21. The predicted molar refractivity (Wildman–Crippen MR) is 137 cm³/mol. The Bertz CT molecular complexity index is 1390. The number of benzene rings is 2. The molecule has 0 bridgehead atoms. The molecule has 2 aromatic heterocycles. The summed E-state index contributed by atoms with van der Waals surface area (Å²) >= 11 is 0. The van der Waals surface area contributed by atoms with E-state index in [4.69, 9.17) is 4.98 Å². The zero-order valence-corrected chi connectivity index (χ0v) is 20.6. The Hall–Kier alpha value is -3.71. The minimum absolute atomic E-state index is 0.0597. The molecule has 1 unspecified atom stereocenters. The first-order chi connectivity index (χ1) is 16.8. The number of fused-ring (bicyclic) bond motifs is 1. The highest BCUT2D eigenvalue weighted by molar-refractivity contribution is 5.94. The Labute approximate surface area is 205 Å². The first-order valence-electron chi connectivity index (χ1n) is 12.2. The molecule has 35 heavy (non-hydrogen) atoms. The van der Waals surface area contributed by atoms with Gasteiger partial charge in [0, 0.05) is 38.7 Å². The van der Waals surface area contributed by atoms with E-state index >= 15 is 0 Å². The number of amides is 3. The van der Waals surface area contributed by atoms with Crippen LogP contribution in [0.15, 0.2) is 73.1 Å². The molecule has 5 rings (SSSR count). The Kier molecular flexibility index (Phi) is 5.81. The molecule has 1 aliphatic heterocycles. The second-order valence-electron chi connectivity index (χ2n) is 9.96. The van der Waals surface area contributed by atoms with Crippen molar-refractivity contribution in [2.45, 2.75) is 45.1 Å². The van der Waals surface area contributed by atoms with E-state index in [0.29, 0.717) is 18.7 Å². The Balaban J connectivity index is 1.43. The van der Waals surface area contributed by atoms with Gasteiger partial charge in [0.15, 0.2) is 0 Å². The lowest BCUT2D eigenvalue weighted by atomic mass is 9.98. The molecule has 1 fully saturated rings. The number of urea groups is 1. The van der Waals surface area contributed by atoms with Crippen LogP contribution >= 0.6 is 0 Å². The smallest absolute Gasteiger partial charge is 0.331 e. The van der Waals surface area contributed by atoms with Crippen LogP contribution < -0.4 is 5.32 Å². The lowest BCUT2D eigenvalue weighted by molar-refractivity contribution is -0.809. The van der Waals surface area contributed by atoms with E-state index in [1.54, 1.807) is 0 Å². The molecule has 180 valence electrons. The number of carbonyl (C=O) groups is 2. The number of aromatic nitrogens is 3. The number of hydrogen-bond donors (Lipinski definition) is 1. The fourth-order valence-electron chi connectivity index (χ4n) is 5.53. The number of nitrogens with one attached hydrogen (secondary N) is 1. The number of carbonyl (C=O) groups excluding carboxylic acids is 2. The van der Waals surface area contributed by atoms with Crippen molar-refractivity contribution in [3.63, 3.8) is 0 Å². The summed E-state index contributed by atoms with van der Waals surface area (Å²) < 4.78 is 3.80. The molecule has 2 aromatic carbocycles. The molecule has 1 aliphatic rings. The standard InChI is InChI=1S/C28H31N5O2/c1-28(2)17-10-20-33(28,26(34)16-15-25-29-21-11-4-6-13-23(21)31(25)3)27(35)30-22-12-5-7-14-24(22)32-18-8-9-19-32/h4-9,11-14,18-19H,10,15-17,20H2,1-3H3/p+1. The maximum absolute atomic E-state index is 13.9. The monoisotopic (exact) mass is 470 g/mol. The van der Waals surface area contributed by atoms with Crippen LogP contribution in [0.5, 0.6) is 0 Å². The molecule has 0 spiro atoms. The van der Waals surface area contributed by atoms with Gasteiger partial charge in [0.2, 0.25) is 0 Å². The van der Waals surface area contributed by atoms with Crippen molar-refractivity contribution in [1.82, 2.24) is 14.1 Å². The van der Waals surface area contributed by atoms with E-state index in [1.807, 2.05) is 103 Å². The molecule has 1 N–H and O–H groups in total. The third kappa shape index (κ3) is 3.86. The van der Waals surface area contributed by atoms with Gasteiger partial charge >= 0.3 is 11.9 Å². The van der Waals surface area contributed by atoms with Crippen molar-refractivity contribution in [2.75, 3.05) is 11.9 Å². The molecular formula is C28H32N5O2+. The van der Waals surface area contributed by atoms with Crippen LogP contribution in [0.1, 0.15) is 38.9 Å². The van der Waals surface area contributed by atoms with Gasteiger partial charge in [-0.25, -0.2) is 14.6 Å². The van der Waals surface area contributed by atoms with Crippen molar-refractivity contribution in [2.24, 2.45) is 7.05 Å². The molecule has 4 aromatic rings. The van der Waals surface area contributed by atoms with E-state index in [0.717, 1.165) is 35.4 Å². The molecule has 0 radical (unpaired) electrons. The van der Waals surface area contributed by atoms with Crippen LogP contribution in [0.25, 0.3) is 16.7 Å². The highest BCUT2D eigenvalue weighted by Gasteiger charge is 2.59. The minimum atomic E-state index is -0.490. The number of aryl methyl sites for hydroxylation is 2. The molecular weight excluding hydrogens is 438 g/mol. The van der Waals surface area contributed by atoms with Crippen molar-refractivity contribution in [3.8, 4) is 5.69 Å². The van der Waals surface area contributed by atoms with Crippen LogP contribution in [-0.4, -0.2) is 42.6 Å². The van der Waals surface area contributed by atoms with Crippen molar-refractivity contribution < 1.29 is 14.1 Å². The Morgan fingerprint density at radius 2 is 1.74 bits per heavy atom. The molecule has 3 heterocycles. The van der Waals surface area contributed by atoms with Crippen molar-refractivity contribution >= 4 is 28.7 Å². The van der Waals surface area contributed by atoms with Crippen LogP contribution in [0.4, 0.5) is 10.5 Å². The maximum atomic E-state index is 13.9. The molecule has 7 nitrogen and oxygen atoms in total. The predicted octanol–water partition coefficient (Wildman–Crippen LogP) is 5.44. The molecule has 0 aliphatic carbocycles. The Morgan fingerprint density at radius 1 is 1.03 bits per heavy atom. The summed E-state index contributed by atoms with van der Waals surface area (Å²) in [5.41, 5.74) is 3.03.